The van der Waals surface area contributed by atoms with Crippen LogP contribution in [0.15, 0.2) is 30.3 Å². The normalized spacial score (nSPS) is 19.2. The van der Waals surface area contributed by atoms with Crippen molar-refractivity contribution in [2.24, 2.45) is 11.5 Å². The number of carboxylic acid groups (broad SMARTS) is 2. The number of nitrogens with zero attached hydrogens (tertiary/aromatic N) is 1. The summed E-state index contributed by atoms with van der Waals surface area (Å²) < 4.78 is 0. The molecule has 0 aliphatic heterocycles. The topological polar surface area (TPSA) is 184 Å². The summed E-state index contributed by atoms with van der Waals surface area (Å²) in [5.41, 5.74) is 12.9. The number of carboxylic acids is 2. The molecule has 2 rings (SSSR count). The number of hydrogen-bond donors (Lipinski definition) is 5. The monoisotopic (exact) mass is 451 g/mol. The Hall–Kier alpha value is -2.73. The molecule has 1 aliphatic carbocycles. The van der Waals surface area contributed by atoms with Crippen LogP contribution in [-0.2, 0) is 19.2 Å². The molecule has 0 aromatic heterocycles. The molecule has 0 fully saturated rings. The largest absolute Gasteiger partial charge is 0.480 e. The molecule has 0 radical (unpaired) electrons. The molecule has 7 N–H and O–H groups in total. The Morgan fingerprint density at radius 2 is 1.77 bits per heavy atom. The average molecular weight is 452 g/mol. The molecule has 0 saturated carbocycles. The molecule has 4 atom stereocenters. The zero-order valence-electron chi connectivity index (χ0n) is 16.6. The smallest absolute Gasteiger partial charge is 0.323 e. The molecule has 1 unspecified atom stereocenters. The number of thioether (sulfide) groups is 1. The highest BCUT2D eigenvalue weighted by molar-refractivity contribution is 8.00. The zero-order valence-corrected chi connectivity index (χ0v) is 17.4. The molecular formula is C20H25N3O7S. The van der Waals surface area contributed by atoms with Gasteiger partial charge in [-0.1, -0.05) is 36.4 Å². The van der Waals surface area contributed by atoms with Crippen molar-refractivity contribution in [2.75, 3.05) is 12.3 Å². The number of aliphatic carboxylic acids is 2. The Balaban J connectivity index is 1.98. The van der Waals surface area contributed by atoms with Crippen LogP contribution in [0.2, 0.25) is 0 Å². The second kappa shape index (κ2) is 11.0. The first-order valence-electron chi connectivity index (χ1n) is 9.48. The lowest BCUT2D eigenvalue weighted by atomic mass is 9.95. The summed E-state index contributed by atoms with van der Waals surface area (Å²) in [4.78, 5) is 47.3. The first-order chi connectivity index (χ1) is 14.6. The summed E-state index contributed by atoms with van der Waals surface area (Å²) in [7, 11) is 0. The quantitative estimate of drug-likeness (QED) is 0.319. The third-order valence-electron chi connectivity index (χ3n) is 4.72. The van der Waals surface area contributed by atoms with Gasteiger partial charge in [-0.2, -0.15) is 0 Å². The first-order valence-corrected chi connectivity index (χ1v) is 10.5. The van der Waals surface area contributed by atoms with Gasteiger partial charge in [0.2, 0.25) is 11.8 Å². The lowest BCUT2D eigenvalue weighted by molar-refractivity contribution is -0.153. The minimum atomic E-state index is -1.41. The predicted molar refractivity (Wildman–Crippen MR) is 114 cm³/mol. The van der Waals surface area contributed by atoms with Gasteiger partial charge in [-0.15, -0.1) is 11.8 Å². The molecule has 1 aromatic rings. The summed E-state index contributed by atoms with van der Waals surface area (Å²) in [6.45, 7) is -0.891. The Bertz CT molecular complexity index is 876. The number of aliphatic hydroxyl groups excluding tert-OH is 1. The number of nitrogens with two attached hydrogens (primary N) is 2. The summed E-state index contributed by atoms with van der Waals surface area (Å²) in [5, 5.41) is 28.0. The van der Waals surface area contributed by atoms with E-state index in [4.69, 9.17) is 21.7 Å². The van der Waals surface area contributed by atoms with E-state index >= 15 is 0 Å². The zero-order chi connectivity index (χ0) is 23.1. The van der Waals surface area contributed by atoms with Crippen LogP contribution in [-0.4, -0.2) is 73.6 Å². The fourth-order valence-electron chi connectivity index (χ4n) is 3.01. The fraction of sp³-hybridized carbons (Fsp3) is 0.400. The van der Waals surface area contributed by atoms with E-state index in [9.17, 15) is 24.3 Å². The highest BCUT2D eigenvalue weighted by Crippen LogP contribution is 2.34. The lowest BCUT2D eigenvalue weighted by Gasteiger charge is -2.27. The van der Waals surface area contributed by atoms with Crippen LogP contribution in [0.5, 0.6) is 0 Å². The maximum atomic E-state index is 12.6. The van der Waals surface area contributed by atoms with Crippen LogP contribution in [0.3, 0.4) is 0 Å². The molecule has 1 aliphatic rings. The van der Waals surface area contributed by atoms with Gasteiger partial charge in [0.25, 0.3) is 0 Å². The van der Waals surface area contributed by atoms with Gasteiger partial charge in [0.1, 0.15) is 12.6 Å². The van der Waals surface area contributed by atoms with Crippen molar-refractivity contribution in [3.63, 3.8) is 0 Å². The van der Waals surface area contributed by atoms with Crippen molar-refractivity contribution in [2.45, 2.75) is 36.3 Å². The molecule has 0 heterocycles. The van der Waals surface area contributed by atoms with Gasteiger partial charge in [-0.3, -0.25) is 24.1 Å². The number of fused-ring (bicyclic) bond motifs is 1. The molecule has 2 amide bonds. The molecule has 11 heteroatoms. The van der Waals surface area contributed by atoms with Gasteiger partial charge in [0.15, 0.2) is 0 Å². The second-order valence-electron chi connectivity index (χ2n) is 7.03. The number of carbonyl (C=O) groups is 4. The van der Waals surface area contributed by atoms with Crippen molar-refractivity contribution in [3.8, 4) is 0 Å². The van der Waals surface area contributed by atoms with Crippen molar-refractivity contribution >= 4 is 41.6 Å². The number of rotatable bonds is 10. The van der Waals surface area contributed by atoms with E-state index in [1.807, 2.05) is 24.3 Å². The molecular weight excluding hydrogens is 426 g/mol. The summed E-state index contributed by atoms with van der Waals surface area (Å²) in [5.74, 6) is -4.44. The van der Waals surface area contributed by atoms with Gasteiger partial charge in [0, 0.05) is 12.2 Å². The van der Waals surface area contributed by atoms with Crippen molar-refractivity contribution in [3.05, 3.63) is 41.5 Å². The van der Waals surface area contributed by atoms with E-state index in [2.05, 4.69) is 0 Å². The Morgan fingerprint density at radius 1 is 1.10 bits per heavy atom. The van der Waals surface area contributed by atoms with Crippen molar-refractivity contribution in [1.29, 1.82) is 0 Å². The number of carbonyl (C=O) groups excluding carboxylic acids is 2. The molecule has 0 saturated heterocycles. The van der Waals surface area contributed by atoms with Crippen molar-refractivity contribution in [1.82, 2.24) is 4.90 Å². The standard InChI is InChI=1S/C20H25N3O7S/c21-13(20(29)30)6-8-16(24)23(9-17(25)26)19(28)14(22)10-31-15-7-5-11-3-1-2-4-12(11)18(15)27/h1-5,7,13-15,18,27H,6,8-10,21-22H2,(H,25,26)(H,29,30)/t13-,14+,15?,18-/m0/s1. The number of benzene rings is 1. The van der Waals surface area contributed by atoms with E-state index in [1.165, 1.54) is 11.8 Å². The van der Waals surface area contributed by atoms with E-state index in [0.717, 1.165) is 11.1 Å². The Kier molecular flexibility index (Phi) is 8.75. The summed E-state index contributed by atoms with van der Waals surface area (Å²) in [6, 6.07) is 4.84. The average Bonchev–Trinajstić information content (AvgIpc) is 2.74. The van der Waals surface area contributed by atoms with Crippen LogP contribution in [0.4, 0.5) is 0 Å². The van der Waals surface area contributed by atoms with Gasteiger partial charge in [-0.25, -0.2) is 0 Å². The maximum Gasteiger partial charge on any atom is 0.323 e. The molecule has 31 heavy (non-hydrogen) atoms. The first kappa shape index (κ1) is 24.5. The minimum absolute atomic E-state index is 0.0328. The number of aliphatic hydroxyl groups is 1. The molecule has 168 valence electrons. The number of imide groups is 1. The van der Waals surface area contributed by atoms with Crippen LogP contribution in [0.1, 0.15) is 30.1 Å². The molecule has 1 aromatic carbocycles. The minimum Gasteiger partial charge on any atom is -0.480 e. The summed E-state index contributed by atoms with van der Waals surface area (Å²) in [6.07, 6.45) is 2.19. The molecule has 10 nitrogen and oxygen atoms in total. The van der Waals surface area contributed by atoms with E-state index in [-0.39, 0.29) is 17.4 Å². The van der Waals surface area contributed by atoms with Crippen LogP contribution in [0, 0.1) is 0 Å². The number of amides is 2. The second-order valence-corrected chi connectivity index (χ2v) is 8.24. The highest BCUT2D eigenvalue weighted by Gasteiger charge is 2.31. The third-order valence-corrected chi connectivity index (χ3v) is 6.08. The van der Waals surface area contributed by atoms with E-state index in [1.54, 1.807) is 12.1 Å². The van der Waals surface area contributed by atoms with Gasteiger partial charge in [0.05, 0.1) is 17.4 Å². The number of hydrogen-bond acceptors (Lipinski definition) is 8. The van der Waals surface area contributed by atoms with Crippen LogP contribution >= 0.6 is 11.8 Å². The Labute approximate surface area is 182 Å². The van der Waals surface area contributed by atoms with Gasteiger partial charge in [-0.05, 0) is 17.5 Å². The van der Waals surface area contributed by atoms with Crippen molar-refractivity contribution < 1.29 is 34.5 Å². The van der Waals surface area contributed by atoms with Gasteiger partial charge < -0.3 is 26.8 Å². The Morgan fingerprint density at radius 3 is 2.42 bits per heavy atom. The predicted octanol–water partition coefficient (Wildman–Crippen LogP) is -0.192. The molecule has 0 bridgehead atoms. The van der Waals surface area contributed by atoms with E-state index < -0.39 is 54.9 Å². The highest BCUT2D eigenvalue weighted by atomic mass is 32.2. The van der Waals surface area contributed by atoms with Gasteiger partial charge >= 0.3 is 11.9 Å². The third kappa shape index (κ3) is 6.62. The maximum absolute atomic E-state index is 12.6. The lowest BCUT2D eigenvalue weighted by Crippen LogP contribution is -2.50. The summed E-state index contributed by atoms with van der Waals surface area (Å²) >= 11 is 1.21. The fourth-order valence-corrected chi connectivity index (χ4v) is 4.10. The molecule has 0 spiro atoms. The van der Waals surface area contributed by atoms with Crippen LogP contribution < -0.4 is 11.5 Å². The SMILES string of the molecule is N[C@H](CSC1C=Cc2ccccc2[C@@H]1O)C(=O)N(CC(=O)O)C(=O)CC[C@H](N)C(=O)O. The van der Waals surface area contributed by atoms with Crippen LogP contribution in [0.25, 0.3) is 6.08 Å². The van der Waals surface area contributed by atoms with E-state index in [0.29, 0.717) is 4.90 Å².